The number of piperazine rings is 2. The maximum Gasteiger partial charge on any atom is 0.136 e. The third-order valence-corrected chi connectivity index (χ3v) is 4.37. The van der Waals surface area contributed by atoms with Crippen molar-refractivity contribution in [3.63, 3.8) is 0 Å². The summed E-state index contributed by atoms with van der Waals surface area (Å²) >= 11 is 0. The van der Waals surface area contributed by atoms with Crippen molar-refractivity contribution in [3.8, 4) is 0 Å². The Morgan fingerprint density at radius 3 is 1.79 bits per heavy atom. The summed E-state index contributed by atoms with van der Waals surface area (Å²) in [6, 6.07) is -0.329. The molecule has 2 heterocycles. The van der Waals surface area contributed by atoms with Gasteiger partial charge in [0.2, 0.25) is 0 Å². The zero-order chi connectivity index (χ0) is 14.1. The number of hydrogen-bond acceptors (Lipinski definition) is 6. The second-order valence-corrected chi connectivity index (χ2v) is 5.79. The lowest BCUT2D eigenvalue weighted by atomic mass is 10.2. The first-order chi connectivity index (χ1) is 8.83. The molecule has 0 saturated carbocycles. The number of hydrogen-bond donors (Lipinski definition) is 0. The van der Waals surface area contributed by atoms with Crippen LogP contribution in [0.25, 0.3) is 0 Å². The largest absolute Gasteiger partial charge is 0.785 e. The monoisotopic (exact) mass is 274 g/mol. The van der Waals surface area contributed by atoms with Gasteiger partial charge in [0, 0.05) is 26.2 Å². The highest BCUT2D eigenvalue weighted by molar-refractivity contribution is 4.70. The summed E-state index contributed by atoms with van der Waals surface area (Å²) in [4.78, 5) is 0. The van der Waals surface area contributed by atoms with Crippen molar-refractivity contribution >= 4 is 0 Å². The van der Waals surface area contributed by atoms with E-state index in [-0.39, 0.29) is 64.9 Å². The van der Waals surface area contributed by atoms with Crippen LogP contribution in [-0.2, 0) is 0 Å². The molecule has 1 atom stereocenters. The molecule has 0 bridgehead atoms. The smallest absolute Gasteiger partial charge is 0.136 e. The van der Waals surface area contributed by atoms with Crippen molar-refractivity contribution < 1.29 is 9.29 Å². The Morgan fingerprint density at radius 2 is 1.32 bits per heavy atom. The van der Waals surface area contributed by atoms with Gasteiger partial charge in [-0.05, 0) is 6.92 Å². The highest BCUT2D eigenvalue weighted by atomic mass is 16.6. The predicted octanol–water partition coefficient (Wildman–Crippen LogP) is -0.369. The van der Waals surface area contributed by atoms with Gasteiger partial charge in [0.15, 0.2) is 0 Å². The first-order valence-electron chi connectivity index (χ1n) is 6.82. The van der Waals surface area contributed by atoms with E-state index in [1.807, 2.05) is 0 Å². The minimum Gasteiger partial charge on any atom is -0.785 e. The molecular weight excluding hydrogens is 252 g/mol. The van der Waals surface area contributed by atoms with Crippen molar-refractivity contribution in [2.24, 2.45) is 0 Å². The Kier molecular flexibility index (Phi) is 4.43. The summed E-state index contributed by atoms with van der Waals surface area (Å²) in [5.74, 6) is 0. The van der Waals surface area contributed by atoms with Gasteiger partial charge < -0.3 is 40.2 Å². The molecule has 19 heavy (non-hydrogen) atoms. The summed E-state index contributed by atoms with van der Waals surface area (Å²) < 4.78 is -0.911. The van der Waals surface area contributed by atoms with Crippen LogP contribution in [-0.4, -0.2) is 84.4 Å². The van der Waals surface area contributed by atoms with E-state index in [4.69, 9.17) is 0 Å². The molecule has 0 N–H and O–H groups in total. The van der Waals surface area contributed by atoms with Crippen molar-refractivity contribution in [1.29, 1.82) is 0 Å². The van der Waals surface area contributed by atoms with Crippen molar-refractivity contribution in [1.82, 2.24) is 10.1 Å². The number of rotatable bonds is 3. The average Bonchev–Trinajstić information content (AvgIpc) is 2.37. The van der Waals surface area contributed by atoms with Crippen LogP contribution in [0.1, 0.15) is 6.92 Å². The minimum atomic E-state index is -0.456. The Balaban J connectivity index is 1.91. The normalized spacial score (nSPS) is 30.2. The SMILES string of the molecule is C[C@H](C[N+]1([O-])CCN([O-])CC1)[N+]1([O-])CCN([O-])CC1. The molecule has 2 rings (SSSR count). The molecule has 2 fully saturated rings. The minimum absolute atomic E-state index is 0.232. The molecule has 2 aliphatic rings. The predicted molar refractivity (Wildman–Crippen MR) is 70.9 cm³/mol. The van der Waals surface area contributed by atoms with Crippen LogP contribution in [0.3, 0.4) is 0 Å². The molecule has 0 aliphatic carbocycles. The fourth-order valence-electron chi connectivity index (χ4n) is 2.85. The van der Waals surface area contributed by atoms with Gasteiger partial charge in [-0.1, -0.05) is 0 Å². The fourth-order valence-corrected chi connectivity index (χ4v) is 2.85. The van der Waals surface area contributed by atoms with Gasteiger partial charge in [-0.15, -0.1) is 0 Å². The molecule has 112 valence electrons. The van der Waals surface area contributed by atoms with E-state index < -0.39 is 9.29 Å². The van der Waals surface area contributed by atoms with E-state index >= 15 is 0 Å². The maximum atomic E-state index is 12.6. The van der Waals surface area contributed by atoms with Crippen LogP contribution in [0.15, 0.2) is 0 Å². The average molecular weight is 274 g/mol. The Hall–Kier alpha value is -0.320. The Labute approximate surface area is 113 Å². The standard InChI is InChI=1S/C11H22N4O4/c1-11(15(19)8-4-13(17)5-9-15)10-14(18)6-2-12(16)3-7-14/h11H,2-10H2,1H3/q-2/t11-/m1/s1. The molecule has 0 aromatic rings. The van der Waals surface area contributed by atoms with Crippen LogP contribution < -0.4 is 0 Å². The van der Waals surface area contributed by atoms with E-state index in [1.165, 1.54) is 0 Å². The van der Waals surface area contributed by atoms with Crippen molar-refractivity contribution in [2.75, 3.05) is 58.9 Å². The molecule has 0 aromatic carbocycles. The van der Waals surface area contributed by atoms with E-state index in [1.54, 1.807) is 6.92 Å². The first-order valence-corrected chi connectivity index (χ1v) is 6.82. The Bertz CT molecular complexity index is 301. The molecule has 8 nitrogen and oxygen atoms in total. The highest BCUT2D eigenvalue weighted by Crippen LogP contribution is 2.21. The molecule has 0 radical (unpaired) electrons. The topological polar surface area (TPSA) is 98.7 Å². The highest BCUT2D eigenvalue weighted by Gasteiger charge is 2.34. The van der Waals surface area contributed by atoms with E-state index in [9.17, 15) is 20.8 Å². The number of hydroxylamine groups is 10. The molecule has 0 unspecified atom stereocenters. The zero-order valence-corrected chi connectivity index (χ0v) is 11.4. The summed E-state index contributed by atoms with van der Waals surface area (Å²) in [5, 5.41) is 49.1. The van der Waals surface area contributed by atoms with Crippen LogP contribution in [0.4, 0.5) is 0 Å². The summed E-state index contributed by atoms with van der Waals surface area (Å²) in [6.45, 7) is 3.97. The van der Waals surface area contributed by atoms with Gasteiger partial charge in [0.05, 0.1) is 26.2 Å². The van der Waals surface area contributed by atoms with Crippen LogP contribution in [0.2, 0.25) is 0 Å². The lowest BCUT2D eigenvalue weighted by molar-refractivity contribution is -0.957. The van der Waals surface area contributed by atoms with Crippen LogP contribution >= 0.6 is 0 Å². The van der Waals surface area contributed by atoms with Gasteiger partial charge >= 0.3 is 0 Å². The maximum absolute atomic E-state index is 12.6. The van der Waals surface area contributed by atoms with Gasteiger partial charge in [-0.2, -0.15) is 0 Å². The Morgan fingerprint density at radius 1 is 0.895 bits per heavy atom. The first kappa shape index (κ1) is 15.1. The second kappa shape index (κ2) is 5.58. The lowest BCUT2D eigenvalue weighted by Crippen LogP contribution is -2.65. The van der Waals surface area contributed by atoms with Crippen molar-refractivity contribution in [3.05, 3.63) is 20.8 Å². The number of nitrogens with zero attached hydrogens (tertiary/aromatic N) is 4. The molecule has 2 aliphatic heterocycles. The molecular formula is C11H22N4O4-2. The van der Waals surface area contributed by atoms with Crippen LogP contribution in [0, 0.1) is 20.8 Å². The van der Waals surface area contributed by atoms with Crippen molar-refractivity contribution in [2.45, 2.75) is 13.0 Å². The van der Waals surface area contributed by atoms with Gasteiger partial charge in [-0.25, -0.2) is 0 Å². The molecule has 0 aromatic heterocycles. The second-order valence-electron chi connectivity index (χ2n) is 5.79. The van der Waals surface area contributed by atoms with Crippen LogP contribution in [0.5, 0.6) is 0 Å². The number of quaternary nitrogens is 2. The third kappa shape index (κ3) is 3.61. The van der Waals surface area contributed by atoms with E-state index in [0.29, 0.717) is 0 Å². The molecule has 0 spiro atoms. The summed E-state index contributed by atoms with van der Waals surface area (Å²) in [6.07, 6.45) is 0. The van der Waals surface area contributed by atoms with E-state index in [0.717, 1.165) is 10.1 Å². The molecule has 0 amide bonds. The zero-order valence-electron chi connectivity index (χ0n) is 11.4. The molecule has 2 saturated heterocycles. The van der Waals surface area contributed by atoms with E-state index in [2.05, 4.69) is 0 Å². The summed E-state index contributed by atoms with van der Waals surface area (Å²) in [5.41, 5.74) is 0. The summed E-state index contributed by atoms with van der Waals surface area (Å²) in [7, 11) is 0. The van der Waals surface area contributed by atoms with Gasteiger partial charge in [0.25, 0.3) is 0 Å². The quantitative estimate of drug-likeness (QED) is 0.514. The fraction of sp³-hybridized carbons (Fsp3) is 1.00. The third-order valence-electron chi connectivity index (χ3n) is 4.37. The lowest BCUT2D eigenvalue weighted by Gasteiger charge is -2.57. The molecule has 8 heteroatoms. The van der Waals surface area contributed by atoms with Gasteiger partial charge in [-0.3, -0.25) is 0 Å². The van der Waals surface area contributed by atoms with Gasteiger partial charge in [0.1, 0.15) is 12.6 Å².